The first-order chi connectivity index (χ1) is 13.3. The molecular formula is C18H13Cl2FN4O3. The zero-order chi connectivity index (χ0) is 20.4. The van der Waals surface area contributed by atoms with E-state index < -0.39 is 16.3 Å². The summed E-state index contributed by atoms with van der Waals surface area (Å²) >= 11 is 12.0. The van der Waals surface area contributed by atoms with Crippen LogP contribution >= 0.6 is 23.2 Å². The van der Waals surface area contributed by atoms with E-state index in [9.17, 15) is 19.3 Å². The minimum absolute atomic E-state index is 0.0102. The van der Waals surface area contributed by atoms with Gasteiger partial charge in [0.25, 0.3) is 11.2 Å². The van der Waals surface area contributed by atoms with Gasteiger partial charge in [-0.05, 0) is 36.8 Å². The Balaban J connectivity index is 1.88. The molecule has 0 bridgehead atoms. The summed E-state index contributed by atoms with van der Waals surface area (Å²) in [5.74, 6) is -0.525. The van der Waals surface area contributed by atoms with Crippen LogP contribution in [0, 0.1) is 15.9 Å². The third-order valence-corrected chi connectivity index (χ3v) is 4.69. The number of hydrogen-bond acceptors (Lipinski definition) is 5. The van der Waals surface area contributed by atoms with Gasteiger partial charge in [-0.2, -0.15) is 9.78 Å². The monoisotopic (exact) mass is 422 g/mol. The van der Waals surface area contributed by atoms with E-state index in [0.717, 1.165) is 4.68 Å². The molecule has 1 heterocycles. The van der Waals surface area contributed by atoms with E-state index in [1.165, 1.54) is 42.6 Å². The number of nitro benzene ring substituents is 1. The van der Waals surface area contributed by atoms with Gasteiger partial charge in [0.1, 0.15) is 10.8 Å². The molecule has 0 spiro atoms. The van der Waals surface area contributed by atoms with Crippen molar-refractivity contribution in [3.8, 4) is 5.69 Å². The number of non-ortho nitro benzene ring substituents is 1. The summed E-state index contributed by atoms with van der Waals surface area (Å²) in [6.07, 6.45) is 1.37. The molecule has 1 atom stereocenters. The Morgan fingerprint density at radius 2 is 1.89 bits per heavy atom. The van der Waals surface area contributed by atoms with Crippen molar-refractivity contribution in [2.75, 3.05) is 5.32 Å². The van der Waals surface area contributed by atoms with Gasteiger partial charge in [0.05, 0.1) is 27.5 Å². The number of rotatable bonds is 5. The third kappa shape index (κ3) is 3.97. The Morgan fingerprint density at radius 3 is 2.50 bits per heavy atom. The van der Waals surface area contributed by atoms with Crippen LogP contribution in [0.2, 0.25) is 10.0 Å². The Labute approximate surface area is 168 Å². The number of benzene rings is 2. The summed E-state index contributed by atoms with van der Waals surface area (Å²) < 4.78 is 14.4. The number of nitrogens with one attached hydrogen (secondary N) is 1. The molecule has 0 aliphatic rings. The molecule has 0 fully saturated rings. The Bertz CT molecular complexity index is 1100. The van der Waals surface area contributed by atoms with Gasteiger partial charge in [-0.3, -0.25) is 14.9 Å². The van der Waals surface area contributed by atoms with Crippen LogP contribution in [0.1, 0.15) is 18.5 Å². The molecule has 7 nitrogen and oxygen atoms in total. The summed E-state index contributed by atoms with van der Waals surface area (Å²) in [5.41, 5.74) is 0.625. The second-order valence-electron chi connectivity index (χ2n) is 5.90. The van der Waals surface area contributed by atoms with Crippen LogP contribution in [0.4, 0.5) is 15.8 Å². The summed E-state index contributed by atoms with van der Waals surface area (Å²) in [6, 6.07) is 9.31. The van der Waals surface area contributed by atoms with Crippen molar-refractivity contribution in [3.05, 3.63) is 90.6 Å². The van der Waals surface area contributed by atoms with Gasteiger partial charge >= 0.3 is 0 Å². The zero-order valence-electron chi connectivity index (χ0n) is 14.4. The highest BCUT2D eigenvalue weighted by molar-refractivity contribution is 6.33. The van der Waals surface area contributed by atoms with E-state index in [-0.39, 0.29) is 27.5 Å². The van der Waals surface area contributed by atoms with Gasteiger partial charge in [-0.15, -0.1) is 0 Å². The molecule has 0 aliphatic carbocycles. The molecular weight excluding hydrogens is 410 g/mol. The highest BCUT2D eigenvalue weighted by Crippen LogP contribution is 2.26. The van der Waals surface area contributed by atoms with Crippen molar-refractivity contribution in [2.45, 2.75) is 13.0 Å². The molecule has 0 saturated carbocycles. The summed E-state index contributed by atoms with van der Waals surface area (Å²) in [6.45, 7) is 1.79. The van der Waals surface area contributed by atoms with E-state index >= 15 is 0 Å². The number of nitrogens with zero attached hydrogens (tertiary/aromatic N) is 3. The smallest absolute Gasteiger partial charge is 0.292 e. The molecule has 1 unspecified atom stereocenters. The molecule has 0 saturated heterocycles. The van der Waals surface area contributed by atoms with E-state index in [2.05, 4.69) is 10.4 Å². The van der Waals surface area contributed by atoms with Crippen molar-refractivity contribution >= 4 is 34.6 Å². The molecule has 144 valence electrons. The van der Waals surface area contributed by atoms with Crippen molar-refractivity contribution in [2.24, 2.45) is 0 Å². The Morgan fingerprint density at radius 1 is 1.21 bits per heavy atom. The van der Waals surface area contributed by atoms with Crippen LogP contribution in [-0.2, 0) is 0 Å². The Kier molecular flexibility index (Phi) is 5.62. The van der Waals surface area contributed by atoms with Crippen LogP contribution < -0.4 is 10.9 Å². The molecule has 1 N–H and O–H groups in total. The number of anilines is 1. The molecule has 3 rings (SSSR count). The lowest BCUT2D eigenvalue weighted by atomic mass is 10.1. The minimum atomic E-state index is -0.593. The second kappa shape index (κ2) is 7.95. The fraction of sp³-hybridized carbons (Fsp3) is 0.111. The number of halogens is 3. The summed E-state index contributed by atoms with van der Waals surface area (Å²) in [7, 11) is 0. The molecule has 0 radical (unpaired) electrons. The van der Waals surface area contributed by atoms with Gasteiger partial charge < -0.3 is 5.32 Å². The van der Waals surface area contributed by atoms with E-state index in [1.807, 2.05) is 0 Å². The molecule has 0 aliphatic heterocycles. The predicted molar refractivity (Wildman–Crippen MR) is 105 cm³/mol. The maximum atomic E-state index is 13.3. The second-order valence-corrected chi connectivity index (χ2v) is 6.69. The number of aromatic nitrogens is 2. The minimum Gasteiger partial charge on any atom is -0.376 e. The van der Waals surface area contributed by atoms with Gasteiger partial charge in [0.2, 0.25) is 0 Å². The normalized spacial score (nSPS) is 11.9. The van der Waals surface area contributed by atoms with Crippen molar-refractivity contribution in [1.29, 1.82) is 0 Å². The Hall–Kier alpha value is -2.97. The average molecular weight is 423 g/mol. The molecule has 0 amide bonds. The van der Waals surface area contributed by atoms with Gasteiger partial charge in [0.15, 0.2) is 0 Å². The topological polar surface area (TPSA) is 90.1 Å². The van der Waals surface area contributed by atoms with Gasteiger partial charge in [-0.1, -0.05) is 29.3 Å². The maximum Gasteiger partial charge on any atom is 0.292 e. The first-order valence-electron chi connectivity index (χ1n) is 8.02. The zero-order valence-corrected chi connectivity index (χ0v) is 15.9. The number of nitro groups is 1. The average Bonchev–Trinajstić information content (AvgIpc) is 2.68. The first kappa shape index (κ1) is 19.8. The standard InChI is InChI=1S/C18H13Cl2FN4O3/c1-10(11-2-7-15(21)14(19)8-11)23-16-9-22-24(18(26)17(16)20)12-3-5-13(6-4-12)25(27)28/h2-10,23H,1H3. The van der Waals surface area contributed by atoms with E-state index in [1.54, 1.807) is 13.0 Å². The highest BCUT2D eigenvalue weighted by atomic mass is 35.5. The lowest BCUT2D eigenvalue weighted by molar-refractivity contribution is -0.384. The van der Waals surface area contributed by atoms with Crippen molar-refractivity contribution in [3.63, 3.8) is 0 Å². The van der Waals surface area contributed by atoms with Crippen LogP contribution in [-0.4, -0.2) is 14.7 Å². The maximum absolute atomic E-state index is 13.3. The lowest BCUT2D eigenvalue weighted by Crippen LogP contribution is -2.23. The van der Waals surface area contributed by atoms with Crippen LogP contribution in [0.15, 0.2) is 53.5 Å². The largest absolute Gasteiger partial charge is 0.376 e. The lowest BCUT2D eigenvalue weighted by Gasteiger charge is -2.17. The quantitative estimate of drug-likeness (QED) is 0.472. The van der Waals surface area contributed by atoms with Crippen LogP contribution in [0.25, 0.3) is 5.69 Å². The molecule has 3 aromatic rings. The van der Waals surface area contributed by atoms with Crippen molar-refractivity contribution < 1.29 is 9.31 Å². The molecule has 2 aromatic carbocycles. The number of hydrogen-bond donors (Lipinski definition) is 1. The summed E-state index contributed by atoms with van der Waals surface area (Å²) in [4.78, 5) is 22.7. The summed E-state index contributed by atoms with van der Waals surface area (Å²) in [5, 5.41) is 17.7. The van der Waals surface area contributed by atoms with Gasteiger partial charge in [-0.25, -0.2) is 4.39 Å². The fourth-order valence-electron chi connectivity index (χ4n) is 2.53. The third-order valence-electron chi connectivity index (χ3n) is 4.04. The van der Waals surface area contributed by atoms with Gasteiger partial charge in [0, 0.05) is 18.2 Å². The van der Waals surface area contributed by atoms with E-state index in [0.29, 0.717) is 11.3 Å². The van der Waals surface area contributed by atoms with Crippen molar-refractivity contribution in [1.82, 2.24) is 9.78 Å². The molecule has 28 heavy (non-hydrogen) atoms. The highest BCUT2D eigenvalue weighted by Gasteiger charge is 2.15. The molecule has 1 aromatic heterocycles. The van der Waals surface area contributed by atoms with Crippen LogP contribution in [0.5, 0.6) is 0 Å². The predicted octanol–water partition coefficient (Wildman–Crippen LogP) is 4.76. The van der Waals surface area contributed by atoms with Crippen LogP contribution in [0.3, 0.4) is 0 Å². The molecule has 10 heteroatoms. The van der Waals surface area contributed by atoms with E-state index in [4.69, 9.17) is 23.2 Å². The first-order valence-corrected chi connectivity index (χ1v) is 8.77. The fourth-order valence-corrected chi connectivity index (χ4v) is 2.90. The SMILES string of the molecule is CC(Nc1cnn(-c2ccc([N+](=O)[O-])cc2)c(=O)c1Cl)c1ccc(F)c(Cl)c1.